The highest BCUT2D eigenvalue weighted by Crippen LogP contribution is 2.42. The summed E-state index contributed by atoms with van der Waals surface area (Å²) in [6, 6.07) is 18.5. The van der Waals surface area contributed by atoms with E-state index in [0.717, 1.165) is 26.9 Å². The third-order valence-electron chi connectivity index (χ3n) is 4.60. The molecule has 1 aliphatic heterocycles. The summed E-state index contributed by atoms with van der Waals surface area (Å²) in [5, 5.41) is 4.23. The molecule has 1 aromatic carbocycles. The van der Waals surface area contributed by atoms with E-state index in [1.165, 1.54) is 10.4 Å². The lowest BCUT2D eigenvalue weighted by molar-refractivity contribution is 0.315. The molecular weight excluding hydrogens is 442 g/mol. The van der Waals surface area contributed by atoms with E-state index in [4.69, 9.17) is 17.0 Å². The van der Waals surface area contributed by atoms with Crippen LogP contribution in [0.3, 0.4) is 0 Å². The van der Waals surface area contributed by atoms with Gasteiger partial charge in [-0.15, -0.1) is 11.3 Å². The molecule has 0 aliphatic carbocycles. The van der Waals surface area contributed by atoms with Gasteiger partial charge in [-0.05, 0) is 70.1 Å². The molecular formula is C20H18BrN3OS2. The molecule has 1 saturated heterocycles. The number of nitrogens with one attached hydrogen (secondary N) is 1. The highest BCUT2D eigenvalue weighted by molar-refractivity contribution is 9.11. The Bertz CT molecular complexity index is 930. The Hall–Kier alpha value is -1.96. The molecule has 2 aromatic heterocycles. The minimum Gasteiger partial charge on any atom is -0.497 e. The van der Waals surface area contributed by atoms with Crippen LogP contribution in [0, 0.1) is 0 Å². The number of halogens is 1. The molecule has 1 N–H and O–H groups in total. The van der Waals surface area contributed by atoms with Gasteiger partial charge in [-0.2, -0.15) is 0 Å². The number of ether oxygens (including phenoxy) is 1. The zero-order chi connectivity index (χ0) is 18.8. The van der Waals surface area contributed by atoms with Gasteiger partial charge in [0.15, 0.2) is 5.11 Å². The summed E-state index contributed by atoms with van der Waals surface area (Å²) in [4.78, 5) is 8.06. The van der Waals surface area contributed by atoms with Gasteiger partial charge < -0.3 is 15.0 Å². The monoisotopic (exact) mass is 459 g/mol. The van der Waals surface area contributed by atoms with E-state index >= 15 is 0 Å². The van der Waals surface area contributed by atoms with Crippen LogP contribution in [-0.2, 0) is 6.54 Å². The molecule has 27 heavy (non-hydrogen) atoms. The second-order valence-corrected chi connectivity index (χ2v) is 9.13. The van der Waals surface area contributed by atoms with Gasteiger partial charge in [-0.25, -0.2) is 0 Å². The molecule has 0 spiro atoms. The van der Waals surface area contributed by atoms with Crippen LogP contribution in [-0.4, -0.2) is 22.1 Å². The smallest absolute Gasteiger partial charge is 0.170 e. The van der Waals surface area contributed by atoms with Gasteiger partial charge in [-0.1, -0.05) is 18.2 Å². The normalized spacial score (nSPS) is 19.2. The summed E-state index contributed by atoms with van der Waals surface area (Å²) in [5.41, 5.74) is 2.17. The number of hydrogen-bond donors (Lipinski definition) is 1. The summed E-state index contributed by atoms with van der Waals surface area (Å²) in [5.74, 6) is 0.853. The van der Waals surface area contributed by atoms with Crippen molar-refractivity contribution >= 4 is 44.6 Å². The summed E-state index contributed by atoms with van der Waals surface area (Å²) in [6.07, 6.45) is 1.83. The summed E-state index contributed by atoms with van der Waals surface area (Å²) in [7, 11) is 1.68. The molecule has 2 atom stereocenters. The van der Waals surface area contributed by atoms with E-state index in [1.807, 2.05) is 36.5 Å². The molecule has 0 saturated carbocycles. The van der Waals surface area contributed by atoms with Gasteiger partial charge in [0.2, 0.25) is 0 Å². The van der Waals surface area contributed by atoms with Crippen molar-refractivity contribution in [2.75, 3.05) is 7.11 Å². The highest BCUT2D eigenvalue weighted by atomic mass is 79.9. The Labute approximate surface area is 176 Å². The van der Waals surface area contributed by atoms with Crippen molar-refractivity contribution in [3.8, 4) is 5.75 Å². The molecule has 1 aliphatic rings. The van der Waals surface area contributed by atoms with Crippen molar-refractivity contribution in [1.82, 2.24) is 15.2 Å². The van der Waals surface area contributed by atoms with Gasteiger partial charge in [0.1, 0.15) is 5.75 Å². The first-order chi connectivity index (χ1) is 13.2. The maximum atomic E-state index is 5.70. The molecule has 0 radical (unpaired) electrons. The van der Waals surface area contributed by atoms with Crippen molar-refractivity contribution in [1.29, 1.82) is 0 Å². The molecule has 0 bridgehead atoms. The maximum absolute atomic E-state index is 5.70. The van der Waals surface area contributed by atoms with Crippen LogP contribution in [0.4, 0.5) is 0 Å². The fourth-order valence-corrected chi connectivity index (χ4v) is 5.18. The number of methoxy groups -OCH3 is 1. The van der Waals surface area contributed by atoms with E-state index in [9.17, 15) is 0 Å². The molecule has 1 fully saturated rings. The Morgan fingerprint density at radius 2 is 2.00 bits per heavy atom. The Kier molecular flexibility index (Phi) is 5.43. The third kappa shape index (κ3) is 3.85. The van der Waals surface area contributed by atoms with Crippen LogP contribution in [0.2, 0.25) is 0 Å². The average molecular weight is 460 g/mol. The lowest BCUT2D eigenvalue weighted by Crippen LogP contribution is -2.28. The second kappa shape index (κ2) is 7.96. The first kappa shape index (κ1) is 18.4. The molecule has 0 amide bonds. The van der Waals surface area contributed by atoms with E-state index in [-0.39, 0.29) is 12.1 Å². The van der Waals surface area contributed by atoms with Gasteiger partial charge in [0.25, 0.3) is 0 Å². The molecule has 2 unspecified atom stereocenters. The first-order valence-electron chi connectivity index (χ1n) is 8.52. The number of nitrogens with zero attached hydrogens (tertiary/aromatic N) is 2. The van der Waals surface area contributed by atoms with Crippen LogP contribution in [0.5, 0.6) is 5.75 Å². The minimum atomic E-state index is 0.0162. The number of thiocarbonyl (C=S) groups is 1. The zero-order valence-corrected chi connectivity index (χ0v) is 17.9. The number of rotatable bonds is 5. The van der Waals surface area contributed by atoms with Crippen molar-refractivity contribution in [3.63, 3.8) is 0 Å². The van der Waals surface area contributed by atoms with Crippen LogP contribution >= 0.6 is 39.5 Å². The number of thiophene rings is 1. The summed E-state index contributed by atoms with van der Waals surface area (Å²) >= 11 is 11.0. The molecule has 4 nitrogen and oxygen atoms in total. The Balaban J connectivity index is 1.68. The summed E-state index contributed by atoms with van der Waals surface area (Å²) in [6.45, 7) is 0.722. The third-order valence-corrected chi connectivity index (χ3v) is 6.64. The van der Waals surface area contributed by atoms with Gasteiger partial charge in [0, 0.05) is 17.6 Å². The molecule has 138 valence electrons. The van der Waals surface area contributed by atoms with Crippen LogP contribution < -0.4 is 10.1 Å². The second-order valence-electron chi connectivity index (χ2n) is 6.24. The van der Waals surface area contributed by atoms with Gasteiger partial charge >= 0.3 is 0 Å². The van der Waals surface area contributed by atoms with E-state index in [2.05, 4.69) is 55.4 Å². The van der Waals surface area contributed by atoms with Crippen molar-refractivity contribution in [2.45, 2.75) is 18.6 Å². The van der Waals surface area contributed by atoms with Crippen LogP contribution in [0.15, 0.2) is 64.6 Å². The number of hydrogen-bond acceptors (Lipinski definition) is 4. The Morgan fingerprint density at radius 3 is 2.63 bits per heavy atom. The molecule has 3 heterocycles. The highest BCUT2D eigenvalue weighted by Gasteiger charge is 2.40. The van der Waals surface area contributed by atoms with Crippen LogP contribution in [0.25, 0.3) is 0 Å². The minimum absolute atomic E-state index is 0.0162. The molecule has 7 heteroatoms. The first-order valence-corrected chi connectivity index (χ1v) is 10.5. The van der Waals surface area contributed by atoms with Gasteiger partial charge in [-0.3, -0.25) is 4.98 Å². The average Bonchev–Trinajstić information content (AvgIpc) is 3.26. The topological polar surface area (TPSA) is 37.4 Å². The molecule has 3 aromatic rings. The number of pyridine rings is 1. The quantitative estimate of drug-likeness (QED) is 0.537. The van der Waals surface area contributed by atoms with Crippen molar-refractivity contribution < 1.29 is 4.74 Å². The van der Waals surface area contributed by atoms with Gasteiger partial charge in [0.05, 0.1) is 28.7 Å². The fourth-order valence-electron chi connectivity index (χ4n) is 3.30. The lowest BCUT2D eigenvalue weighted by Gasteiger charge is -2.27. The number of aromatic nitrogens is 1. The SMILES string of the molecule is COc1ccc(CN2C(=S)NC(c3ccccn3)C2c2ccc(Br)s2)cc1. The largest absolute Gasteiger partial charge is 0.497 e. The standard InChI is InChI=1S/C20H18BrN3OS2/c1-25-14-7-5-13(6-8-14)12-24-19(16-9-10-17(21)27-16)18(23-20(24)26)15-4-2-3-11-22-15/h2-11,18-19H,12H2,1H3,(H,23,26). The van der Waals surface area contributed by atoms with Crippen LogP contribution in [0.1, 0.15) is 28.2 Å². The summed E-state index contributed by atoms with van der Waals surface area (Å²) < 4.78 is 6.38. The van der Waals surface area contributed by atoms with Crippen molar-refractivity contribution in [3.05, 3.63) is 80.7 Å². The van der Waals surface area contributed by atoms with E-state index in [1.54, 1.807) is 18.4 Å². The zero-order valence-electron chi connectivity index (χ0n) is 14.6. The van der Waals surface area contributed by atoms with Crippen molar-refractivity contribution in [2.24, 2.45) is 0 Å². The fraction of sp³-hybridized carbons (Fsp3) is 0.200. The predicted octanol–water partition coefficient (Wildman–Crippen LogP) is 5.09. The van der Waals surface area contributed by atoms with E-state index in [0.29, 0.717) is 0 Å². The Morgan fingerprint density at radius 1 is 1.19 bits per heavy atom. The molecule has 4 rings (SSSR count). The lowest BCUT2D eigenvalue weighted by atomic mass is 10.0. The predicted molar refractivity (Wildman–Crippen MR) is 116 cm³/mol. The van der Waals surface area contributed by atoms with E-state index < -0.39 is 0 Å². The number of benzene rings is 1. The maximum Gasteiger partial charge on any atom is 0.170 e.